The SMILES string of the molecule is CCC1CCN(C(=O)c2nc(N)ccc2Cl)CC1. The van der Waals surface area contributed by atoms with E-state index in [1.165, 1.54) is 6.42 Å². The predicted molar refractivity (Wildman–Crippen MR) is 72.6 cm³/mol. The van der Waals surface area contributed by atoms with E-state index in [0.717, 1.165) is 31.8 Å². The number of nitrogen functional groups attached to an aromatic ring is 1. The Morgan fingerprint density at radius 1 is 1.50 bits per heavy atom. The molecule has 1 aromatic heterocycles. The Kier molecular flexibility index (Phi) is 4.07. The maximum atomic E-state index is 12.3. The van der Waals surface area contributed by atoms with Crippen molar-refractivity contribution in [2.24, 2.45) is 5.92 Å². The maximum absolute atomic E-state index is 12.3. The second-order valence-corrected chi connectivity index (χ2v) is 5.12. The summed E-state index contributed by atoms with van der Waals surface area (Å²) in [7, 11) is 0. The number of nitrogens with two attached hydrogens (primary N) is 1. The van der Waals surface area contributed by atoms with Gasteiger partial charge in [-0.2, -0.15) is 0 Å². The summed E-state index contributed by atoms with van der Waals surface area (Å²) in [5, 5.41) is 0.367. The van der Waals surface area contributed by atoms with Gasteiger partial charge in [0.25, 0.3) is 5.91 Å². The van der Waals surface area contributed by atoms with Gasteiger partial charge in [-0.15, -0.1) is 0 Å². The molecule has 1 aromatic rings. The number of rotatable bonds is 2. The first-order valence-electron chi connectivity index (χ1n) is 6.33. The first-order valence-corrected chi connectivity index (χ1v) is 6.71. The molecule has 5 heteroatoms. The summed E-state index contributed by atoms with van der Waals surface area (Å²) < 4.78 is 0. The van der Waals surface area contributed by atoms with E-state index in [0.29, 0.717) is 10.8 Å². The molecule has 1 saturated heterocycles. The standard InChI is InChI=1S/C13H18ClN3O/c1-2-9-5-7-17(8-6-9)13(18)12-10(14)3-4-11(15)16-12/h3-4,9H,2,5-8H2,1H3,(H2,15,16). The van der Waals surface area contributed by atoms with Crippen molar-refractivity contribution in [1.82, 2.24) is 9.88 Å². The van der Waals surface area contributed by atoms with E-state index in [2.05, 4.69) is 11.9 Å². The number of carbonyl (C=O) groups is 1. The molecule has 98 valence electrons. The van der Waals surface area contributed by atoms with Crippen molar-refractivity contribution in [3.63, 3.8) is 0 Å². The van der Waals surface area contributed by atoms with Crippen LogP contribution < -0.4 is 5.73 Å². The van der Waals surface area contributed by atoms with E-state index >= 15 is 0 Å². The second kappa shape index (κ2) is 5.57. The van der Waals surface area contributed by atoms with Crippen LogP contribution in [0.4, 0.5) is 5.82 Å². The van der Waals surface area contributed by atoms with Crippen molar-refractivity contribution >= 4 is 23.3 Å². The molecule has 4 nitrogen and oxygen atoms in total. The minimum absolute atomic E-state index is 0.109. The fourth-order valence-electron chi connectivity index (χ4n) is 2.30. The lowest BCUT2D eigenvalue weighted by Crippen LogP contribution is -2.38. The van der Waals surface area contributed by atoms with Crippen LogP contribution in [0.3, 0.4) is 0 Å². The quantitative estimate of drug-likeness (QED) is 0.896. The van der Waals surface area contributed by atoms with Crippen LogP contribution in [0.25, 0.3) is 0 Å². The van der Waals surface area contributed by atoms with Gasteiger partial charge in [0.15, 0.2) is 0 Å². The van der Waals surface area contributed by atoms with Crippen molar-refractivity contribution in [1.29, 1.82) is 0 Å². The molecular formula is C13H18ClN3O. The molecule has 0 aliphatic carbocycles. The predicted octanol–water partition coefficient (Wildman–Crippen LogP) is 2.58. The lowest BCUT2D eigenvalue weighted by Gasteiger charge is -2.31. The zero-order valence-corrected chi connectivity index (χ0v) is 11.3. The summed E-state index contributed by atoms with van der Waals surface area (Å²) >= 11 is 6.00. The van der Waals surface area contributed by atoms with Crippen molar-refractivity contribution in [2.45, 2.75) is 26.2 Å². The van der Waals surface area contributed by atoms with Gasteiger partial charge < -0.3 is 10.6 Å². The number of nitrogens with zero attached hydrogens (tertiary/aromatic N) is 2. The van der Waals surface area contributed by atoms with E-state index in [1.807, 2.05) is 4.90 Å². The van der Waals surface area contributed by atoms with Gasteiger partial charge in [-0.3, -0.25) is 4.79 Å². The molecule has 2 rings (SSSR count). The summed E-state index contributed by atoms with van der Waals surface area (Å²) in [6.07, 6.45) is 3.30. The molecule has 18 heavy (non-hydrogen) atoms. The van der Waals surface area contributed by atoms with E-state index in [-0.39, 0.29) is 11.6 Å². The number of pyridine rings is 1. The first-order chi connectivity index (χ1) is 8.61. The molecule has 0 unspecified atom stereocenters. The molecule has 1 aliphatic rings. The summed E-state index contributed by atoms with van der Waals surface area (Å²) in [6, 6.07) is 3.22. The summed E-state index contributed by atoms with van der Waals surface area (Å²) in [6.45, 7) is 3.76. The van der Waals surface area contributed by atoms with E-state index in [9.17, 15) is 4.79 Å². The smallest absolute Gasteiger partial charge is 0.274 e. The average molecular weight is 268 g/mol. The Morgan fingerprint density at radius 2 is 2.17 bits per heavy atom. The van der Waals surface area contributed by atoms with Gasteiger partial charge in [0.05, 0.1) is 5.02 Å². The van der Waals surface area contributed by atoms with Gasteiger partial charge in [-0.25, -0.2) is 4.98 Å². The van der Waals surface area contributed by atoms with E-state index in [1.54, 1.807) is 12.1 Å². The molecular weight excluding hydrogens is 250 g/mol. The molecule has 0 bridgehead atoms. The van der Waals surface area contributed by atoms with Crippen LogP contribution in [0.5, 0.6) is 0 Å². The summed E-state index contributed by atoms with van der Waals surface area (Å²) in [5.74, 6) is 0.950. The normalized spacial score (nSPS) is 16.9. The topological polar surface area (TPSA) is 59.2 Å². The van der Waals surface area contributed by atoms with Gasteiger partial charge in [0, 0.05) is 13.1 Å². The molecule has 1 amide bonds. The molecule has 0 saturated carbocycles. The number of likely N-dealkylation sites (tertiary alicyclic amines) is 1. The lowest BCUT2D eigenvalue weighted by molar-refractivity contribution is 0.0683. The first kappa shape index (κ1) is 13.1. The largest absolute Gasteiger partial charge is 0.384 e. The van der Waals surface area contributed by atoms with Gasteiger partial charge >= 0.3 is 0 Å². The van der Waals surface area contributed by atoms with Gasteiger partial charge in [0.2, 0.25) is 0 Å². The molecule has 0 spiro atoms. The minimum Gasteiger partial charge on any atom is -0.384 e. The molecule has 2 heterocycles. The summed E-state index contributed by atoms with van der Waals surface area (Å²) in [5.41, 5.74) is 5.87. The highest BCUT2D eigenvalue weighted by Crippen LogP contribution is 2.23. The third-order valence-electron chi connectivity index (χ3n) is 3.55. The number of aromatic nitrogens is 1. The van der Waals surface area contributed by atoms with Crippen molar-refractivity contribution < 1.29 is 4.79 Å². The zero-order chi connectivity index (χ0) is 13.1. The molecule has 0 atom stereocenters. The van der Waals surface area contributed by atoms with Crippen LogP contribution in [0.15, 0.2) is 12.1 Å². The monoisotopic (exact) mass is 267 g/mol. The number of hydrogen-bond acceptors (Lipinski definition) is 3. The van der Waals surface area contributed by atoms with Crippen LogP contribution in [-0.2, 0) is 0 Å². The van der Waals surface area contributed by atoms with Crippen molar-refractivity contribution in [2.75, 3.05) is 18.8 Å². The number of hydrogen-bond donors (Lipinski definition) is 1. The molecule has 0 radical (unpaired) electrons. The van der Waals surface area contributed by atoms with Crippen LogP contribution in [0.1, 0.15) is 36.7 Å². The summed E-state index contributed by atoms with van der Waals surface area (Å²) in [4.78, 5) is 18.2. The zero-order valence-electron chi connectivity index (χ0n) is 10.5. The highest BCUT2D eigenvalue weighted by atomic mass is 35.5. The van der Waals surface area contributed by atoms with E-state index < -0.39 is 0 Å². The van der Waals surface area contributed by atoms with Crippen LogP contribution in [0, 0.1) is 5.92 Å². The van der Waals surface area contributed by atoms with Crippen LogP contribution >= 0.6 is 11.6 Å². The Labute approximate surface area is 112 Å². The maximum Gasteiger partial charge on any atom is 0.274 e. The highest BCUT2D eigenvalue weighted by molar-refractivity contribution is 6.33. The van der Waals surface area contributed by atoms with Gasteiger partial charge in [0.1, 0.15) is 11.5 Å². The van der Waals surface area contributed by atoms with E-state index in [4.69, 9.17) is 17.3 Å². The Hall–Kier alpha value is -1.29. The lowest BCUT2D eigenvalue weighted by atomic mass is 9.94. The third kappa shape index (κ3) is 2.75. The number of piperidine rings is 1. The molecule has 2 N–H and O–H groups in total. The number of anilines is 1. The fraction of sp³-hybridized carbons (Fsp3) is 0.538. The van der Waals surface area contributed by atoms with Crippen molar-refractivity contribution in [3.05, 3.63) is 22.8 Å². The molecule has 1 aliphatic heterocycles. The van der Waals surface area contributed by atoms with Crippen molar-refractivity contribution in [3.8, 4) is 0 Å². The average Bonchev–Trinajstić information content (AvgIpc) is 2.41. The number of carbonyl (C=O) groups excluding carboxylic acids is 1. The third-order valence-corrected chi connectivity index (χ3v) is 3.85. The number of amides is 1. The van der Waals surface area contributed by atoms with Crippen LogP contribution in [0.2, 0.25) is 5.02 Å². The van der Waals surface area contributed by atoms with Gasteiger partial charge in [-0.05, 0) is 30.9 Å². The number of halogens is 1. The van der Waals surface area contributed by atoms with Crippen LogP contribution in [-0.4, -0.2) is 28.9 Å². The minimum atomic E-state index is -0.109. The molecule has 1 fully saturated rings. The highest BCUT2D eigenvalue weighted by Gasteiger charge is 2.25. The Morgan fingerprint density at radius 3 is 2.78 bits per heavy atom. The Bertz CT molecular complexity index is 442. The van der Waals surface area contributed by atoms with Gasteiger partial charge in [-0.1, -0.05) is 24.9 Å². The second-order valence-electron chi connectivity index (χ2n) is 4.71. The Balaban J connectivity index is 2.10. The molecule has 0 aromatic carbocycles. The fourth-order valence-corrected chi connectivity index (χ4v) is 2.49.